The summed E-state index contributed by atoms with van der Waals surface area (Å²) in [5.74, 6) is -2.07. The molecule has 2 aromatic carbocycles. The van der Waals surface area contributed by atoms with Gasteiger partial charge >= 0.3 is 11.9 Å². The zero-order valence-electron chi connectivity index (χ0n) is 19.5. The number of anilines is 2. The van der Waals surface area contributed by atoms with Crippen LogP contribution < -0.4 is 9.62 Å². The number of rotatable bonds is 8. The van der Waals surface area contributed by atoms with Crippen molar-refractivity contribution in [1.29, 1.82) is 0 Å². The summed E-state index contributed by atoms with van der Waals surface area (Å²) >= 11 is 0. The number of nitrogens with one attached hydrogen (secondary N) is 1. The molecule has 9 nitrogen and oxygen atoms in total. The molecule has 0 saturated heterocycles. The minimum atomic E-state index is -3.85. The van der Waals surface area contributed by atoms with Crippen molar-refractivity contribution >= 4 is 39.2 Å². The largest absolute Gasteiger partial charge is 0.465 e. The smallest absolute Gasteiger partial charge is 0.339 e. The molecule has 0 spiro atoms. The highest BCUT2D eigenvalue weighted by atomic mass is 32.2. The van der Waals surface area contributed by atoms with Gasteiger partial charge in [0.1, 0.15) is 6.04 Å². The molecule has 1 N–H and O–H groups in total. The van der Waals surface area contributed by atoms with Crippen LogP contribution >= 0.6 is 0 Å². The minimum absolute atomic E-state index is 0.00161. The summed E-state index contributed by atoms with van der Waals surface area (Å²) < 4.78 is 35.9. The Hall–Kier alpha value is -3.40. The summed E-state index contributed by atoms with van der Waals surface area (Å²) in [4.78, 5) is 37.4. The lowest BCUT2D eigenvalue weighted by Crippen LogP contribution is -2.47. The van der Waals surface area contributed by atoms with E-state index in [9.17, 15) is 22.8 Å². The Morgan fingerprint density at radius 3 is 2.12 bits per heavy atom. The Morgan fingerprint density at radius 2 is 1.61 bits per heavy atom. The second kappa shape index (κ2) is 10.5. The van der Waals surface area contributed by atoms with Crippen molar-refractivity contribution in [2.75, 3.05) is 30.1 Å². The van der Waals surface area contributed by atoms with E-state index in [0.717, 1.165) is 21.7 Å². The Morgan fingerprint density at radius 1 is 0.970 bits per heavy atom. The summed E-state index contributed by atoms with van der Waals surface area (Å²) in [7, 11) is -1.46. The first-order valence-electron chi connectivity index (χ1n) is 10.1. The number of carbonyl (C=O) groups excluding carboxylic acids is 3. The second-order valence-corrected chi connectivity index (χ2v) is 9.34. The maximum absolute atomic E-state index is 13.3. The van der Waals surface area contributed by atoms with E-state index in [1.165, 1.54) is 32.4 Å². The molecule has 0 aliphatic heterocycles. The van der Waals surface area contributed by atoms with Gasteiger partial charge in [0.2, 0.25) is 15.9 Å². The van der Waals surface area contributed by atoms with Gasteiger partial charge in [-0.15, -0.1) is 0 Å². The van der Waals surface area contributed by atoms with E-state index in [-0.39, 0.29) is 23.2 Å². The molecule has 0 radical (unpaired) electrons. The molecule has 0 heterocycles. The van der Waals surface area contributed by atoms with Gasteiger partial charge in [-0.25, -0.2) is 18.0 Å². The summed E-state index contributed by atoms with van der Waals surface area (Å²) in [5.41, 5.74) is 2.30. The maximum Gasteiger partial charge on any atom is 0.339 e. The molecule has 2 rings (SSSR count). The Labute approximate surface area is 193 Å². The summed E-state index contributed by atoms with van der Waals surface area (Å²) in [6.07, 6.45) is 1.17. The minimum Gasteiger partial charge on any atom is -0.465 e. The predicted octanol–water partition coefficient (Wildman–Crippen LogP) is 3.06. The third-order valence-electron chi connectivity index (χ3n) is 5.18. The Kier molecular flexibility index (Phi) is 8.21. The van der Waals surface area contributed by atoms with Crippen molar-refractivity contribution < 1.29 is 32.3 Å². The van der Waals surface area contributed by atoms with E-state index in [1.54, 1.807) is 25.1 Å². The Bertz CT molecular complexity index is 1180. The number of hydrogen-bond donors (Lipinski definition) is 1. The molecular weight excluding hydrogens is 448 g/mol. The van der Waals surface area contributed by atoms with Crippen LogP contribution in [0.5, 0.6) is 0 Å². The number of ether oxygens (including phenoxy) is 2. The van der Waals surface area contributed by atoms with Crippen molar-refractivity contribution in [2.24, 2.45) is 0 Å². The van der Waals surface area contributed by atoms with Gasteiger partial charge in [0.25, 0.3) is 0 Å². The molecule has 0 aliphatic carbocycles. The van der Waals surface area contributed by atoms with E-state index in [4.69, 9.17) is 9.47 Å². The number of aryl methyl sites for hydroxylation is 2. The number of amides is 1. The van der Waals surface area contributed by atoms with Crippen LogP contribution in [0.2, 0.25) is 0 Å². The molecular formula is C23H28N2O7S. The second-order valence-electron chi connectivity index (χ2n) is 7.48. The first-order valence-corrected chi connectivity index (χ1v) is 12.0. The van der Waals surface area contributed by atoms with Gasteiger partial charge in [-0.2, -0.15) is 0 Å². The highest BCUT2D eigenvalue weighted by Crippen LogP contribution is 2.27. The third kappa shape index (κ3) is 5.89. The third-order valence-corrected chi connectivity index (χ3v) is 6.36. The average molecular weight is 477 g/mol. The molecule has 0 saturated carbocycles. The van der Waals surface area contributed by atoms with Crippen LogP contribution in [0.25, 0.3) is 0 Å². The normalized spacial score (nSPS) is 11.9. The van der Waals surface area contributed by atoms with Gasteiger partial charge in [0.15, 0.2) is 0 Å². The fourth-order valence-corrected chi connectivity index (χ4v) is 4.52. The van der Waals surface area contributed by atoms with Crippen molar-refractivity contribution in [3.05, 3.63) is 58.7 Å². The van der Waals surface area contributed by atoms with Gasteiger partial charge in [0.05, 0.1) is 43.0 Å². The zero-order valence-corrected chi connectivity index (χ0v) is 20.3. The number of sulfonamides is 1. The highest BCUT2D eigenvalue weighted by Gasteiger charge is 2.32. The van der Waals surface area contributed by atoms with Crippen LogP contribution in [-0.4, -0.2) is 52.8 Å². The first kappa shape index (κ1) is 25.9. The molecule has 0 unspecified atom stereocenters. The number of nitrogens with zero attached hydrogens (tertiary/aromatic N) is 1. The highest BCUT2D eigenvalue weighted by molar-refractivity contribution is 7.92. The number of esters is 2. The van der Waals surface area contributed by atoms with Crippen LogP contribution in [-0.2, 0) is 24.3 Å². The SMILES string of the molecule is CC[C@H](C(=O)Nc1cc(C(=O)OC)ccc1C(=O)OC)N(c1ccc(C)c(C)c1)S(C)(=O)=O. The number of methoxy groups -OCH3 is 2. The molecule has 0 bridgehead atoms. The summed E-state index contributed by atoms with van der Waals surface area (Å²) in [5, 5.41) is 2.59. The monoisotopic (exact) mass is 476 g/mol. The van der Waals surface area contributed by atoms with E-state index >= 15 is 0 Å². The van der Waals surface area contributed by atoms with Crippen molar-refractivity contribution in [3.63, 3.8) is 0 Å². The zero-order chi connectivity index (χ0) is 24.9. The molecule has 0 aromatic heterocycles. The fourth-order valence-electron chi connectivity index (χ4n) is 3.32. The van der Waals surface area contributed by atoms with E-state index in [1.807, 2.05) is 13.8 Å². The summed E-state index contributed by atoms with van der Waals surface area (Å²) in [6.45, 7) is 5.42. The summed E-state index contributed by atoms with van der Waals surface area (Å²) in [6, 6.07) is 7.97. The topological polar surface area (TPSA) is 119 Å². The molecule has 1 amide bonds. The van der Waals surface area contributed by atoms with Crippen LogP contribution in [0.3, 0.4) is 0 Å². The number of carbonyl (C=O) groups is 3. The quantitative estimate of drug-likeness (QED) is 0.582. The standard InChI is InChI=1S/C23H28N2O7S/c1-7-20(25(33(6,29)30)17-10-8-14(2)15(3)12-17)21(26)24-19-13-16(22(27)31-4)9-11-18(19)23(28)32-5/h8-13,20H,7H2,1-6H3,(H,24,26)/t20-/m1/s1. The van der Waals surface area contributed by atoms with Gasteiger partial charge in [-0.05, 0) is 61.7 Å². The van der Waals surface area contributed by atoms with Gasteiger partial charge in [-0.1, -0.05) is 13.0 Å². The van der Waals surface area contributed by atoms with Crippen LogP contribution in [0, 0.1) is 13.8 Å². The molecule has 1 atom stereocenters. The average Bonchev–Trinajstić information content (AvgIpc) is 2.77. The van der Waals surface area contributed by atoms with Crippen LogP contribution in [0.4, 0.5) is 11.4 Å². The molecule has 2 aromatic rings. The molecule has 10 heteroatoms. The van der Waals surface area contributed by atoms with Crippen molar-refractivity contribution in [3.8, 4) is 0 Å². The van der Waals surface area contributed by atoms with Gasteiger partial charge < -0.3 is 14.8 Å². The molecule has 0 fully saturated rings. The van der Waals surface area contributed by atoms with E-state index < -0.39 is 33.9 Å². The lowest BCUT2D eigenvalue weighted by atomic mass is 10.1. The van der Waals surface area contributed by atoms with Crippen LogP contribution in [0.1, 0.15) is 45.2 Å². The van der Waals surface area contributed by atoms with Gasteiger partial charge in [-0.3, -0.25) is 9.10 Å². The lowest BCUT2D eigenvalue weighted by Gasteiger charge is -2.30. The Balaban J connectivity index is 2.53. The molecule has 0 aliphatic rings. The lowest BCUT2D eigenvalue weighted by molar-refractivity contribution is -0.117. The van der Waals surface area contributed by atoms with E-state index in [0.29, 0.717) is 5.69 Å². The predicted molar refractivity (Wildman–Crippen MR) is 125 cm³/mol. The van der Waals surface area contributed by atoms with Crippen LogP contribution in [0.15, 0.2) is 36.4 Å². The number of benzene rings is 2. The van der Waals surface area contributed by atoms with Crippen molar-refractivity contribution in [2.45, 2.75) is 33.2 Å². The molecule has 178 valence electrons. The fraction of sp³-hybridized carbons (Fsp3) is 0.348. The molecule has 33 heavy (non-hydrogen) atoms. The van der Waals surface area contributed by atoms with E-state index in [2.05, 4.69) is 5.32 Å². The number of hydrogen-bond acceptors (Lipinski definition) is 7. The maximum atomic E-state index is 13.3. The first-order chi connectivity index (χ1) is 15.4. The van der Waals surface area contributed by atoms with Crippen molar-refractivity contribution in [1.82, 2.24) is 0 Å². The van der Waals surface area contributed by atoms with Gasteiger partial charge in [0, 0.05) is 0 Å².